The second-order valence-electron chi connectivity index (χ2n) is 5.84. The minimum Gasteiger partial charge on any atom is -0.460 e. The summed E-state index contributed by atoms with van der Waals surface area (Å²) >= 11 is 5.72. The number of aryl methyl sites for hydroxylation is 1. The molecular formula is C18H17ClN2O3. The molecule has 6 heteroatoms. The predicted molar refractivity (Wildman–Crippen MR) is 90.7 cm³/mol. The number of aromatic nitrogens is 1. The van der Waals surface area contributed by atoms with Crippen molar-refractivity contribution in [2.75, 3.05) is 11.4 Å². The second-order valence-corrected chi connectivity index (χ2v) is 6.23. The van der Waals surface area contributed by atoms with E-state index < -0.39 is 5.92 Å². The molecule has 1 aliphatic rings. The van der Waals surface area contributed by atoms with Crippen LogP contribution >= 0.6 is 11.6 Å². The fraction of sp³-hybridized carbons (Fsp3) is 0.278. The Bertz CT molecular complexity index is 744. The van der Waals surface area contributed by atoms with Crippen LogP contribution in [0.3, 0.4) is 0 Å². The number of anilines is 1. The van der Waals surface area contributed by atoms with Crippen LogP contribution in [0.5, 0.6) is 0 Å². The molecule has 5 nitrogen and oxygen atoms in total. The highest BCUT2D eigenvalue weighted by molar-refractivity contribution is 6.29. The van der Waals surface area contributed by atoms with Crippen LogP contribution in [-0.4, -0.2) is 23.4 Å². The third-order valence-corrected chi connectivity index (χ3v) is 4.20. The van der Waals surface area contributed by atoms with Crippen molar-refractivity contribution in [3.05, 3.63) is 58.9 Å². The number of ether oxygens (including phenoxy) is 1. The van der Waals surface area contributed by atoms with Gasteiger partial charge < -0.3 is 9.64 Å². The van der Waals surface area contributed by atoms with Gasteiger partial charge in [-0.3, -0.25) is 9.59 Å². The van der Waals surface area contributed by atoms with Crippen molar-refractivity contribution in [3.8, 4) is 0 Å². The van der Waals surface area contributed by atoms with E-state index in [0.717, 1.165) is 16.8 Å². The van der Waals surface area contributed by atoms with Crippen molar-refractivity contribution in [1.29, 1.82) is 0 Å². The van der Waals surface area contributed by atoms with Crippen molar-refractivity contribution >= 4 is 29.2 Å². The molecule has 0 aliphatic carbocycles. The summed E-state index contributed by atoms with van der Waals surface area (Å²) in [6.07, 6.45) is 1.74. The van der Waals surface area contributed by atoms with Crippen LogP contribution in [0.2, 0.25) is 5.15 Å². The molecule has 0 N–H and O–H groups in total. The highest BCUT2D eigenvalue weighted by atomic mass is 35.5. The summed E-state index contributed by atoms with van der Waals surface area (Å²) in [6.45, 7) is 2.46. The van der Waals surface area contributed by atoms with Gasteiger partial charge in [-0.25, -0.2) is 4.98 Å². The number of esters is 1. The van der Waals surface area contributed by atoms with Crippen molar-refractivity contribution in [1.82, 2.24) is 4.98 Å². The fourth-order valence-electron chi connectivity index (χ4n) is 2.60. The number of rotatable bonds is 4. The summed E-state index contributed by atoms with van der Waals surface area (Å²) < 4.78 is 5.30. The number of amides is 1. The average molecular weight is 345 g/mol. The van der Waals surface area contributed by atoms with Gasteiger partial charge in [-0.05, 0) is 25.1 Å². The van der Waals surface area contributed by atoms with Crippen LogP contribution < -0.4 is 4.90 Å². The van der Waals surface area contributed by atoms with Gasteiger partial charge in [-0.15, -0.1) is 0 Å². The summed E-state index contributed by atoms with van der Waals surface area (Å²) in [6, 6.07) is 11.1. The number of pyridine rings is 1. The van der Waals surface area contributed by atoms with Crippen LogP contribution in [0, 0.1) is 12.8 Å². The lowest BCUT2D eigenvalue weighted by atomic mass is 10.1. The maximum atomic E-state index is 12.2. The highest BCUT2D eigenvalue weighted by Crippen LogP contribution is 2.26. The molecule has 1 aromatic carbocycles. The normalized spacial score (nSPS) is 17.2. The SMILES string of the molecule is Cc1ccc(N2CC(C(=O)OCc3ccc(Cl)nc3)CC2=O)cc1. The van der Waals surface area contributed by atoms with E-state index in [9.17, 15) is 9.59 Å². The summed E-state index contributed by atoms with van der Waals surface area (Å²) in [7, 11) is 0. The van der Waals surface area contributed by atoms with E-state index in [0.29, 0.717) is 11.7 Å². The maximum absolute atomic E-state index is 12.2. The van der Waals surface area contributed by atoms with Gasteiger partial charge in [0.1, 0.15) is 11.8 Å². The first kappa shape index (κ1) is 16.5. The first-order valence-corrected chi connectivity index (χ1v) is 8.05. The number of benzene rings is 1. The van der Waals surface area contributed by atoms with E-state index in [2.05, 4.69) is 4.98 Å². The van der Waals surface area contributed by atoms with Crippen LogP contribution in [0.25, 0.3) is 0 Å². The van der Waals surface area contributed by atoms with E-state index in [4.69, 9.17) is 16.3 Å². The molecule has 1 atom stereocenters. The van der Waals surface area contributed by atoms with Gasteiger partial charge in [0.15, 0.2) is 0 Å². The monoisotopic (exact) mass is 344 g/mol. The quantitative estimate of drug-likeness (QED) is 0.631. The molecule has 1 aromatic heterocycles. The minimum atomic E-state index is -0.445. The molecule has 1 aliphatic heterocycles. The number of halogens is 1. The van der Waals surface area contributed by atoms with Crippen LogP contribution in [0.4, 0.5) is 5.69 Å². The number of nitrogens with zero attached hydrogens (tertiary/aromatic N) is 2. The summed E-state index contributed by atoms with van der Waals surface area (Å²) in [5, 5.41) is 0.389. The molecule has 124 valence electrons. The van der Waals surface area contributed by atoms with Gasteiger partial charge in [0, 0.05) is 30.4 Å². The highest BCUT2D eigenvalue weighted by Gasteiger charge is 2.36. The summed E-state index contributed by atoms with van der Waals surface area (Å²) in [5.74, 6) is -0.874. The number of carbonyl (C=O) groups excluding carboxylic acids is 2. The lowest BCUT2D eigenvalue weighted by Crippen LogP contribution is -2.26. The van der Waals surface area contributed by atoms with E-state index in [1.807, 2.05) is 31.2 Å². The first-order valence-electron chi connectivity index (χ1n) is 7.67. The molecule has 1 fully saturated rings. The average Bonchev–Trinajstić information content (AvgIpc) is 2.97. The topological polar surface area (TPSA) is 59.5 Å². The largest absolute Gasteiger partial charge is 0.460 e. The van der Waals surface area contributed by atoms with Gasteiger partial charge in [-0.2, -0.15) is 0 Å². The van der Waals surface area contributed by atoms with Gasteiger partial charge in [-0.1, -0.05) is 35.4 Å². The molecule has 1 unspecified atom stereocenters. The lowest BCUT2D eigenvalue weighted by molar-refractivity contribution is -0.149. The molecule has 2 heterocycles. The lowest BCUT2D eigenvalue weighted by Gasteiger charge is -2.16. The molecule has 0 spiro atoms. The Morgan fingerprint density at radius 3 is 2.71 bits per heavy atom. The number of hydrogen-bond acceptors (Lipinski definition) is 4. The first-order chi connectivity index (χ1) is 11.5. The second kappa shape index (κ2) is 7.01. The predicted octanol–water partition coefficient (Wildman–Crippen LogP) is 3.14. The molecule has 1 saturated heterocycles. The number of carbonyl (C=O) groups is 2. The molecule has 0 radical (unpaired) electrons. The van der Waals surface area contributed by atoms with Gasteiger partial charge in [0.2, 0.25) is 5.91 Å². The fourth-order valence-corrected chi connectivity index (χ4v) is 2.72. The van der Waals surface area contributed by atoms with Crippen molar-refractivity contribution < 1.29 is 14.3 Å². The standard InChI is InChI=1S/C18H17ClN2O3/c1-12-2-5-15(6-3-12)21-10-14(8-17(21)22)18(23)24-11-13-4-7-16(19)20-9-13/h2-7,9,14H,8,10-11H2,1H3. The molecular weight excluding hydrogens is 328 g/mol. The minimum absolute atomic E-state index is 0.0611. The third kappa shape index (κ3) is 3.74. The van der Waals surface area contributed by atoms with Gasteiger partial charge in [0.05, 0.1) is 5.92 Å². The molecule has 1 amide bonds. The van der Waals surface area contributed by atoms with Crippen molar-refractivity contribution in [3.63, 3.8) is 0 Å². The summed E-state index contributed by atoms with van der Waals surface area (Å²) in [5.41, 5.74) is 2.69. The smallest absolute Gasteiger partial charge is 0.311 e. The van der Waals surface area contributed by atoms with Crippen molar-refractivity contribution in [2.24, 2.45) is 5.92 Å². The number of hydrogen-bond donors (Lipinski definition) is 0. The van der Waals surface area contributed by atoms with Crippen LogP contribution in [-0.2, 0) is 20.9 Å². The van der Waals surface area contributed by atoms with Gasteiger partial charge >= 0.3 is 5.97 Å². The Kier molecular flexibility index (Phi) is 4.81. The van der Waals surface area contributed by atoms with Crippen LogP contribution in [0.15, 0.2) is 42.6 Å². The maximum Gasteiger partial charge on any atom is 0.311 e. The molecule has 3 rings (SSSR count). The van der Waals surface area contributed by atoms with Crippen LogP contribution in [0.1, 0.15) is 17.5 Å². The molecule has 24 heavy (non-hydrogen) atoms. The van der Waals surface area contributed by atoms with E-state index in [1.54, 1.807) is 23.2 Å². The zero-order valence-electron chi connectivity index (χ0n) is 13.2. The van der Waals surface area contributed by atoms with E-state index in [1.165, 1.54) is 0 Å². The van der Waals surface area contributed by atoms with E-state index >= 15 is 0 Å². The Labute approximate surface area is 145 Å². The van der Waals surface area contributed by atoms with Crippen molar-refractivity contribution in [2.45, 2.75) is 20.0 Å². The third-order valence-electron chi connectivity index (χ3n) is 3.97. The van der Waals surface area contributed by atoms with Gasteiger partial charge in [0.25, 0.3) is 0 Å². The zero-order chi connectivity index (χ0) is 17.1. The molecule has 0 saturated carbocycles. The Morgan fingerprint density at radius 1 is 1.29 bits per heavy atom. The Balaban J connectivity index is 1.59. The van der Waals surface area contributed by atoms with E-state index in [-0.39, 0.29) is 24.9 Å². The Hall–Kier alpha value is -2.40. The Morgan fingerprint density at radius 2 is 2.04 bits per heavy atom. The summed E-state index contributed by atoms with van der Waals surface area (Å²) in [4.78, 5) is 30.0. The molecule has 0 bridgehead atoms. The molecule has 2 aromatic rings. The zero-order valence-corrected chi connectivity index (χ0v) is 14.0.